The fourth-order valence-electron chi connectivity index (χ4n) is 2.34. The zero-order valence-electron chi connectivity index (χ0n) is 15.0. The van der Waals surface area contributed by atoms with Gasteiger partial charge in [0.05, 0.1) is 12.8 Å². The van der Waals surface area contributed by atoms with Crippen molar-refractivity contribution in [3.63, 3.8) is 0 Å². The van der Waals surface area contributed by atoms with Crippen molar-refractivity contribution >= 4 is 40.7 Å². The van der Waals surface area contributed by atoms with Crippen LogP contribution >= 0.6 is 11.6 Å². The molecule has 0 unspecified atom stereocenters. The first kappa shape index (κ1) is 19.4. The molecule has 0 atom stereocenters. The van der Waals surface area contributed by atoms with Crippen molar-refractivity contribution in [1.82, 2.24) is 5.43 Å². The van der Waals surface area contributed by atoms with Crippen molar-refractivity contribution in [2.45, 2.75) is 6.92 Å². The van der Waals surface area contributed by atoms with Crippen LogP contribution in [0.25, 0.3) is 11.0 Å². The molecule has 3 rings (SSSR count). The van der Waals surface area contributed by atoms with Gasteiger partial charge in [0.15, 0.2) is 12.4 Å². The van der Waals surface area contributed by atoms with E-state index in [0.717, 1.165) is 10.9 Å². The van der Waals surface area contributed by atoms with Gasteiger partial charge in [-0.05, 0) is 61.0 Å². The lowest BCUT2D eigenvalue weighted by Crippen LogP contribution is -2.16. The number of carbonyl (C=O) groups is 2. The number of nitrogens with zero attached hydrogens (tertiary/aromatic N) is 1. The number of rotatable bonds is 7. The highest BCUT2D eigenvalue weighted by molar-refractivity contribution is 6.31. The van der Waals surface area contributed by atoms with Crippen molar-refractivity contribution in [1.29, 1.82) is 0 Å². The lowest BCUT2D eigenvalue weighted by Gasteiger charge is -2.05. The maximum absolute atomic E-state index is 12.1. The predicted molar refractivity (Wildman–Crippen MR) is 105 cm³/mol. The van der Waals surface area contributed by atoms with Gasteiger partial charge in [-0.1, -0.05) is 11.6 Å². The minimum absolute atomic E-state index is 0.136. The summed E-state index contributed by atoms with van der Waals surface area (Å²) < 4.78 is 15.6. The first-order valence-corrected chi connectivity index (χ1v) is 8.84. The van der Waals surface area contributed by atoms with Crippen LogP contribution in [0.5, 0.6) is 5.75 Å². The van der Waals surface area contributed by atoms with Crippen LogP contribution in [0.1, 0.15) is 23.0 Å². The third-order valence-electron chi connectivity index (χ3n) is 3.62. The summed E-state index contributed by atoms with van der Waals surface area (Å²) in [6.07, 6.45) is 1.48. The number of esters is 1. The fourth-order valence-corrected chi connectivity index (χ4v) is 2.52. The van der Waals surface area contributed by atoms with Gasteiger partial charge in [-0.3, -0.25) is 4.79 Å². The van der Waals surface area contributed by atoms with Crippen LogP contribution in [-0.2, 0) is 9.53 Å². The molecule has 0 spiro atoms. The first-order chi connectivity index (χ1) is 13.5. The Kier molecular flexibility index (Phi) is 6.29. The number of hydrogen-bond donors (Lipinski definition) is 1. The number of carbonyl (C=O) groups excluding carboxylic acids is 2. The van der Waals surface area contributed by atoms with Crippen LogP contribution in [-0.4, -0.2) is 31.3 Å². The molecule has 0 aliphatic heterocycles. The Labute approximate surface area is 165 Å². The Morgan fingerprint density at radius 3 is 2.71 bits per heavy atom. The molecule has 0 saturated carbocycles. The van der Waals surface area contributed by atoms with Crippen molar-refractivity contribution in [2.24, 2.45) is 5.10 Å². The lowest BCUT2D eigenvalue weighted by molar-refractivity contribution is -0.145. The van der Waals surface area contributed by atoms with Gasteiger partial charge in [0.25, 0.3) is 0 Å². The van der Waals surface area contributed by atoms with Crippen molar-refractivity contribution in [3.05, 3.63) is 64.9 Å². The second-order valence-corrected chi connectivity index (χ2v) is 6.09. The molecule has 1 heterocycles. The summed E-state index contributed by atoms with van der Waals surface area (Å²) in [5, 5.41) is 5.21. The maximum atomic E-state index is 12.1. The molecule has 0 aliphatic rings. The molecule has 28 heavy (non-hydrogen) atoms. The molecular weight excluding hydrogens is 384 g/mol. The van der Waals surface area contributed by atoms with Crippen LogP contribution in [0.4, 0.5) is 0 Å². The minimum atomic E-state index is -0.474. The normalized spacial score (nSPS) is 10.9. The summed E-state index contributed by atoms with van der Waals surface area (Å²) in [5.74, 6) is -0.242. The number of hydrazone groups is 1. The smallest absolute Gasteiger partial charge is 0.344 e. The highest BCUT2D eigenvalue weighted by Gasteiger charge is 2.11. The van der Waals surface area contributed by atoms with Crippen molar-refractivity contribution in [2.75, 3.05) is 13.2 Å². The van der Waals surface area contributed by atoms with Gasteiger partial charge in [0, 0.05) is 10.4 Å². The highest BCUT2D eigenvalue weighted by Crippen LogP contribution is 2.23. The standard InChI is InChI=1S/C20H17ClN2O5/c1-2-26-19(24)12-27-16-6-3-13(4-7-16)11-22-23-20(25)18-10-14-9-15(21)5-8-17(14)28-18/h3-11H,2,12H2,1H3,(H,23,25)/b22-11+. The van der Waals surface area contributed by atoms with Crippen LogP contribution < -0.4 is 10.2 Å². The van der Waals surface area contributed by atoms with Gasteiger partial charge >= 0.3 is 11.9 Å². The fraction of sp³-hybridized carbons (Fsp3) is 0.150. The predicted octanol–water partition coefficient (Wildman–Crippen LogP) is 3.79. The molecule has 8 heteroatoms. The molecule has 1 aromatic heterocycles. The summed E-state index contributed by atoms with van der Waals surface area (Å²) >= 11 is 5.92. The van der Waals surface area contributed by atoms with E-state index in [-0.39, 0.29) is 12.4 Å². The van der Waals surface area contributed by atoms with Crippen LogP contribution in [0.2, 0.25) is 5.02 Å². The number of fused-ring (bicyclic) bond motifs is 1. The average Bonchev–Trinajstić information content (AvgIpc) is 3.11. The molecule has 0 saturated heterocycles. The van der Waals surface area contributed by atoms with Gasteiger partial charge in [-0.15, -0.1) is 0 Å². The first-order valence-electron chi connectivity index (χ1n) is 8.46. The van der Waals surface area contributed by atoms with Gasteiger partial charge in [0.2, 0.25) is 0 Å². The Hall–Kier alpha value is -3.32. The number of halogens is 1. The van der Waals surface area contributed by atoms with Crippen LogP contribution in [0, 0.1) is 0 Å². The number of nitrogens with one attached hydrogen (secondary N) is 1. The summed E-state index contributed by atoms with van der Waals surface area (Å²) in [4.78, 5) is 23.4. The lowest BCUT2D eigenvalue weighted by atomic mass is 10.2. The third-order valence-corrected chi connectivity index (χ3v) is 3.86. The zero-order chi connectivity index (χ0) is 19.9. The number of furan rings is 1. The third kappa shape index (κ3) is 5.11. The summed E-state index contributed by atoms with van der Waals surface area (Å²) in [6.45, 7) is 1.89. The quantitative estimate of drug-likeness (QED) is 0.370. The number of benzene rings is 2. The maximum Gasteiger partial charge on any atom is 0.344 e. The Morgan fingerprint density at radius 1 is 1.18 bits per heavy atom. The SMILES string of the molecule is CCOC(=O)COc1ccc(/C=N/NC(=O)c2cc3cc(Cl)ccc3o2)cc1. The Morgan fingerprint density at radius 2 is 1.96 bits per heavy atom. The summed E-state index contributed by atoms with van der Waals surface area (Å²) in [7, 11) is 0. The molecule has 1 N–H and O–H groups in total. The van der Waals surface area contributed by atoms with Crippen molar-refractivity contribution in [3.8, 4) is 5.75 Å². The van der Waals surface area contributed by atoms with Gasteiger partial charge in [-0.25, -0.2) is 10.2 Å². The summed E-state index contributed by atoms with van der Waals surface area (Å²) in [6, 6.07) is 13.5. The van der Waals surface area contributed by atoms with E-state index >= 15 is 0 Å². The van der Waals surface area contributed by atoms with E-state index in [4.69, 9.17) is 25.5 Å². The second kappa shape index (κ2) is 9.05. The number of ether oxygens (including phenoxy) is 2. The second-order valence-electron chi connectivity index (χ2n) is 5.65. The Balaban J connectivity index is 1.54. The molecule has 3 aromatic rings. The molecule has 1 amide bonds. The highest BCUT2D eigenvalue weighted by atomic mass is 35.5. The summed E-state index contributed by atoms with van der Waals surface area (Å²) in [5.41, 5.74) is 3.71. The van der Waals surface area contributed by atoms with Gasteiger partial charge < -0.3 is 13.9 Å². The molecular formula is C20H17ClN2O5. The van der Waals surface area contributed by atoms with E-state index in [9.17, 15) is 9.59 Å². The van der Waals surface area contributed by atoms with Crippen LogP contribution in [0.15, 0.2) is 58.0 Å². The van der Waals surface area contributed by atoms with E-state index in [1.165, 1.54) is 6.21 Å². The number of amides is 1. The van der Waals surface area contributed by atoms with Gasteiger partial charge in [0.1, 0.15) is 11.3 Å². The largest absolute Gasteiger partial charge is 0.482 e. The van der Waals surface area contributed by atoms with Crippen molar-refractivity contribution < 1.29 is 23.5 Å². The van der Waals surface area contributed by atoms with E-state index < -0.39 is 11.9 Å². The molecule has 144 valence electrons. The molecule has 0 radical (unpaired) electrons. The molecule has 0 aliphatic carbocycles. The monoisotopic (exact) mass is 400 g/mol. The topological polar surface area (TPSA) is 90.1 Å². The van der Waals surface area contributed by atoms with E-state index in [1.807, 2.05) is 0 Å². The van der Waals surface area contributed by atoms with Crippen LogP contribution in [0.3, 0.4) is 0 Å². The molecule has 0 fully saturated rings. The molecule has 7 nitrogen and oxygen atoms in total. The average molecular weight is 401 g/mol. The molecule has 0 bridgehead atoms. The van der Waals surface area contributed by atoms with E-state index in [1.54, 1.807) is 55.5 Å². The van der Waals surface area contributed by atoms with E-state index in [0.29, 0.717) is 23.0 Å². The Bertz CT molecular complexity index is 1010. The minimum Gasteiger partial charge on any atom is -0.482 e. The van der Waals surface area contributed by atoms with Gasteiger partial charge in [-0.2, -0.15) is 5.10 Å². The zero-order valence-corrected chi connectivity index (χ0v) is 15.7. The number of hydrogen-bond acceptors (Lipinski definition) is 6. The van der Waals surface area contributed by atoms with E-state index in [2.05, 4.69) is 10.5 Å². The molecule has 2 aromatic carbocycles.